The molecule has 3 aromatic rings. The first-order valence-electron chi connectivity index (χ1n) is 9.05. The van der Waals surface area contributed by atoms with Crippen LogP contribution in [0.1, 0.15) is 36.2 Å². The van der Waals surface area contributed by atoms with Gasteiger partial charge < -0.3 is 7.42 Å². The summed E-state index contributed by atoms with van der Waals surface area (Å²) in [5.74, 6) is 0. The molecule has 0 saturated heterocycles. The van der Waals surface area contributed by atoms with Crippen LogP contribution >= 0.6 is 7.14 Å². The van der Waals surface area contributed by atoms with E-state index in [1.807, 2.05) is 0 Å². The molecule has 3 aromatic carbocycles. The molecule has 0 atom stereocenters. The van der Waals surface area contributed by atoms with Crippen LogP contribution < -0.4 is 15.9 Å². The summed E-state index contributed by atoms with van der Waals surface area (Å²) in [5.41, 5.74) is 6.88. The van der Waals surface area contributed by atoms with Crippen molar-refractivity contribution < 1.29 is 7.42 Å². The van der Waals surface area contributed by atoms with Crippen LogP contribution in [0.25, 0.3) is 0 Å². The van der Waals surface area contributed by atoms with E-state index in [-0.39, 0.29) is 25.9 Å². The second-order valence-corrected chi connectivity index (χ2v) is 10.4. The molecular weight excluding hydrogens is 360 g/mol. The van der Waals surface area contributed by atoms with Gasteiger partial charge in [-0.25, -0.2) is 0 Å². The average Bonchev–Trinajstić information content (AvgIpc) is 2.51. The van der Waals surface area contributed by atoms with Gasteiger partial charge in [-0.2, -0.15) is 0 Å². The maximum atomic E-state index is 14.7. The van der Waals surface area contributed by atoms with Gasteiger partial charge in [-0.3, -0.25) is 0 Å². The summed E-state index contributed by atoms with van der Waals surface area (Å²) in [6.07, 6.45) is 0. The number of aryl methyl sites for hydroxylation is 6. The van der Waals surface area contributed by atoms with E-state index in [2.05, 4.69) is 96.1 Å². The predicted molar refractivity (Wildman–Crippen MR) is 122 cm³/mol. The Kier molecular flexibility index (Phi) is 6.79. The van der Waals surface area contributed by atoms with Crippen molar-refractivity contribution in [1.29, 1.82) is 0 Å². The van der Waals surface area contributed by atoms with Gasteiger partial charge in [0, 0.05) is 15.9 Å². The molecule has 3 rings (SSSR count). The Labute approximate surface area is 182 Å². The van der Waals surface area contributed by atoms with Gasteiger partial charge >= 0.3 is 23.1 Å². The Morgan fingerprint density at radius 1 is 0.481 bits per heavy atom. The minimum atomic E-state index is -2.94. The SMILES string of the molecule is Cc1cc(C)cc(P(=O)(c2cc(C)cc(C)c2)c2cc(C)cc(C)c2)c1.[H-].[H-].[Mg+2]. The fourth-order valence-electron chi connectivity index (χ4n) is 3.84. The first-order chi connectivity index (χ1) is 12.2. The second kappa shape index (κ2) is 8.35. The van der Waals surface area contributed by atoms with Crippen molar-refractivity contribution in [3.8, 4) is 0 Å². The van der Waals surface area contributed by atoms with Gasteiger partial charge in [0.1, 0.15) is 0 Å². The van der Waals surface area contributed by atoms with Crippen LogP contribution in [-0.2, 0) is 4.57 Å². The molecule has 0 saturated carbocycles. The molecule has 27 heavy (non-hydrogen) atoms. The van der Waals surface area contributed by atoms with Crippen LogP contribution in [0.2, 0.25) is 0 Å². The Balaban J connectivity index is 0.00000261. The molecule has 0 aromatic heterocycles. The Morgan fingerprint density at radius 3 is 0.852 bits per heavy atom. The van der Waals surface area contributed by atoms with E-state index < -0.39 is 7.14 Å². The number of benzene rings is 3. The Bertz CT molecular complexity index is 854. The Hall–Kier alpha value is -1.34. The first kappa shape index (κ1) is 22.0. The molecule has 0 radical (unpaired) electrons. The largest absolute Gasteiger partial charge is 2.00 e. The van der Waals surface area contributed by atoms with Crippen molar-refractivity contribution in [2.45, 2.75) is 41.5 Å². The van der Waals surface area contributed by atoms with E-state index in [4.69, 9.17) is 0 Å². The van der Waals surface area contributed by atoms with E-state index in [1.54, 1.807) is 0 Å². The summed E-state index contributed by atoms with van der Waals surface area (Å²) in [5, 5.41) is 2.76. The predicted octanol–water partition coefficient (Wildman–Crippen LogP) is 5.02. The molecule has 0 fully saturated rings. The number of rotatable bonds is 3. The minimum absolute atomic E-state index is 0. The van der Waals surface area contributed by atoms with Crippen LogP contribution in [0.4, 0.5) is 0 Å². The van der Waals surface area contributed by atoms with Gasteiger partial charge in [-0.1, -0.05) is 51.6 Å². The van der Waals surface area contributed by atoms with Gasteiger partial charge in [0.05, 0.1) is 0 Å². The van der Waals surface area contributed by atoms with Crippen molar-refractivity contribution >= 4 is 46.1 Å². The minimum Gasteiger partial charge on any atom is -1.00 e. The fourth-order valence-corrected chi connectivity index (χ4v) is 7.05. The van der Waals surface area contributed by atoms with E-state index >= 15 is 0 Å². The van der Waals surface area contributed by atoms with E-state index in [1.165, 1.54) is 0 Å². The molecule has 138 valence electrons. The zero-order valence-corrected chi connectivity index (χ0v) is 19.6. The second-order valence-electron chi connectivity index (χ2n) is 7.65. The molecule has 0 unspecified atom stereocenters. The number of hydrogen-bond acceptors (Lipinski definition) is 1. The van der Waals surface area contributed by atoms with Crippen molar-refractivity contribution in [3.63, 3.8) is 0 Å². The van der Waals surface area contributed by atoms with E-state index in [0.29, 0.717) is 0 Å². The van der Waals surface area contributed by atoms with E-state index in [0.717, 1.165) is 49.3 Å². The third kappa shape index (κ3) is 4.56. The first-order valence-corrected chi connectivity index (χ1v) is 10.8. The molecular formula is C24H29MgOP. The summed E-state index contributed by atoms with van der Waals surface area (Å²) in [7, 11) is -2.94. The monoisotopic (exact) mass is 388 g/mol. The van der Waals surface area contributed by atoms with Crippen molar-refractivity contribution in [2.75, 3.05) is 0 Å². The van der Waals surface area contributed by atoms with Gasteiger partial charge in [0.25, 0.3) is 0 Å². The zero-order chi connectivity index (χ0) is 19.1. The molecule has 1 nitrogen and oxygen atoms in total. The zero-order valence-electron chi connectivity index (χ0n) is 19.3. The molecule has 0 heterocycles. The summed E-state index contributed by atoms with van der Waals surface area (Å²) in [4.78, 5) is 0. The number of hydrogen-bond donors (Lipinski definition) is 0. The topological polar surface area (TPSA) is 17.1 Å². The smallest absolute Gasteiger partial charge is 1.00 e. The normalized spacial score (nSPS) is 11.2. The standard InChI is InChI=1S/C24H27OP.Mg.2H/c1-16-7-17(2)11-22(10-16)26(25,23-12-18(3)8-19(4)13-23)24-14-20(5)9-21(6)15-24;;;/h7-15H,1-6H3;;;/q;+2;2*-1. The fraction of sp³-hybridized carbons (Fsp3) is 0.250. The summed E-state index contributed by atoms with van der Waals surface area (Å²) in [6.45, 7) is 12.4. The molecule has 0 amide bonds. The van der Waals surface area contributed by atoms with Crippen molar-refractivity contribution in [1.82, 2.24) is 0 Å². The molecule has 0 aliphatic rings. The molecule has 0 bridgehead atoms. The average molecular weight is 389 g/mol. The molecule has 0 N–H and O–H groups in total. The van der Waals surface area contributed by atoms with Crippen LogP contribution in [0.3, 0.4) is 0 Å². The maximum Gasteiger partial charge on any atom is 2.00 e. The van der Waals surface area contributed by atoms with Gasteiger partial charge in [-0.05, 0) is 77.9 Å². The Morgan fingerprint density at radius 2 is 0.667 bits per heavy atom. The van der Waals surface area contributed by atoms with Gasteiger partial charge in [-0.15, -0.1) is 0 Å². The molecule has 0 spiro atoms. The third-order valence-corrected chi connectivity index (χ3v) is 7.67. The molecule has 0 aliphatic heterocycles. The quantitative estimate of drug-likeness (QED) is 0.455. The summed E-state index contributed by atoms with van der Waals surface area (Å²) in [6, 6.07) is 18.9. The van der Waals surface area contributed by atoms with Crippen LogP contribution in [0, 0.1) is 41.5 Å². The third-order valence-electron chi connectivity index (χ3n) is 4.71. The maximum absolute atomic E-state index is 14.7. The van der Waals surface area contributed by atoms with Crippen molar-refractivity contribution in [3.05, 3.63) is 88.0 Å². The van der Waals surface area contributed by atoms with Crippen LogP contribution in [-0.4, -0.2) is 23.1 Å². The van der Waals surface area contributed by atoms with Crippen LogP contribution in [0.5, 0.6) is 0 Å². The summed E-state index contributed by atoms with van der Waals surface area (Å²) >= 11 is 0. The summed E-state index contributed by atoms with van der Waals surface area (Å²) < 4.78 is 14.7. The van der Waals surface area contributed by atoms with Gasteiger partial charge in [0.15, 0.2) is 7.14 Å². The van der Waals surface area contributed by atoms with E-state index in [9.17, 15) is 4.57 Å². The van der Waals surface area contributed by atoms with Gasteiger partial charge in [0.2, 0.25) is 0 Å². The molecule has 3 heteroatoms. The van der Waals surface area contributed by atoms with Crippen molar-refractivity contribution in [2.24, 2.45) is 0 Å². The molecule has 0 aliphatic carbocycles. The van der Waals surface area contributed by atoms with Crippen LogP contribution in [0.15, 0.2) is 54.6 Å².